The van der Waals surface area contributed by atoms with Crippen molar-refractivity contribution < 1.29 is 9.53 Å². The first-order chi connectivity index (χ1) is 12.2. The van der Waals surface area contributed by atoms with E-state index in [0.29, 0.717) is 17.5 Å². The molecule has 1 aliphatic heterocycles. The Morgan fingerprint density at radius 3 is 2.58 bits per heavy atom. The second-order valence-corrected chi connectivity index (χ2v) is 8.02. The summed E-state index contributed by atoms with van der Waals surface area (Å²) in [6.45, 7) is 7.11. The molecule has 1 atom stereocenters. The van der Waals surface area contributed by atoms with Crippen LogP contribution in [0.2, 0.25) is 5.15 Å². The normalized spacial score (nSPS) is 18.0. The lowest BCUT2D eigenvalue weighted by Crippen LogP contribution is -2.50. The van der Waals surface area contributed by atoms with Crippen LogP contribution in [0.15, 0.2) is 24.3 Å². The van der Waals surface area contributed by atoms with E-state index in [1.54, 1.807) is 11.9 Å². The highest BCUT2D eigenvalue weighted by Gasteiger charge is 2.30. The predicted octanol–water partition coefficient (Wildman–Crippen LogP) is 4.12. The molecule has 7 heteroatoms. The summed E-state index contributed by atoms with van der Waals surface area (Å²) in [5.74, 6) is 0.674. The van der Waals surface area contributed by atoms with E-state index in [4.69, 9.17) is 21.3 Å². The average molecular weight is 377 g/mol. The van der Waals surface area contributed by atoms with Crippen LogP contribution in [0.5, 0.6) is 0 Å². The number of carbonyl (C=O) groups is 1. The van der Waals surface area contributed by atoms with Crippen LogP contribution in [0, 0.1) is 0 Å². The van der Waals surface area contributed by atoms with E-state index in [1.807, 2.05) is 45.0 Å². The van der Waals surface area contributed by atoms with Gasteiger partial charge in [0.2, 0.25) is 0 Å². The van der Waals surface area contributed by atoms with Crippen molar-refractivity contribution in [3.8, 4) is 0 Å². The van der Waals surface area contributed by atoms with E-state index >= 15 is 0 Å². The van der Waals surface area contributed by atoms with Gasteiger partial charge in [0.1, 0.15) is 5.60 Å². The summed E-state index contributed by atoms with van der Waals surface area (Å²) in [7, 11) is 1.79. The van der Waals surface area contributed by atoms with Crippen LogP contribution in [-0.4, -0.2) is 52.7 Å². The fourth-order valence-corrected chi connectivity index (χ4v) is 3.37. The first-order valence-corrected chi connectivity index (χ1v) is 9.25. The number of hydrogen-bond donors (Lipinski definition) is 0. The Morgan fingerprint density at radius 2 is 1.92 bits per heavy atom. The molecular formula is C19H25ClN4O2. The summed E-state index contributed by atoms with van der Waals surface area (Å²) >= 11 is 6.39. The van der Waals surface area contributed by atoms with Gasteiger partial charge in [-0.2, -0.15) is 0 Å². The van der Waals surface area contributed by atoms with Crippen molar-refractivity contribution in [2.45, 2.75) is 45.3 Å². The predicted molar refractivity (Wildman–Crippen MR) is 104 cm³/mol. The highest BCUT2D eigenvalue weighted by Crippen LogP contribution is 2.28. The Labute approximate surface area is 159 Å². The van der Waals surface area contributed by atoms with Crippen molar-refractivity contribution in [2.24, 2.45) is 0 Å². The smallest absolute Gasteiger partial charge is 0.410 e. The number of piperidine rings is 1. The molecule has 0 unspecified atom stereocenters. The second-order valence-electron chi connectivity index (χ2n) is 7.66. The summed E-state index contributed by atoms with van der Waals surface area (Å²) < 4.78 is 5.49. The van der Waals surface area contributed by atoms with Gasteiger partial charge >= 0.3 is 6.09 Å². The highest BCUT2D eigenvalue weighted by molar-refractivity contribution is 6.32. The summed E-state index contributed by atoms with van der Waals surface area (Å²) in [5, 5.41) is 0.393. The minimum Gasteiger partial charge on any atom is -0.444 e. The molecule has 140 valence electrons. The maximum Gasteiger partial charge on any atom is 0.410 e. The third-order valence-corrected chi connectivity index (χ3v) is 4.69. The van der Waals surface area contributed by atoms with Crippen LogP contribution in [0.4, 0.5) is 10.6 Å². The number of rotatable bonds is 2. The van der Waals surface area contributed by atoms with Crippen molar-refractivity contribution in [3.63, 3.8) is 0 Å². The van der Waals surface area contributed by atoms with Gasteiger partial charge in [0.25, 0.3) is 0 Å². The van der Waals surface area contributed by atoms with Crippen molar-refractivity contribution in [2.75, 3.05) is 25.0 Å². The summed E-state index contributed by atoms with van der Waals surface area (Å²) in [4.78, 5) is 25.3. The molecule has 2 aromatic rings. The lowest BCUT2D eigenvalue weighted by atomic mass is 10.0. The first-order valence-electron chi connectivity index (χ1n) is 8.87. The summed E-state index contributed by atoms with van der Waals surface area (Å²) in [6.07, 6.45) is 1.56. The number of fused-ring (bicyclic) bond motifs is 1. The van der Waals surface area contributed by atoms with Gasteiger partial charge in [-0.05, 0) is 45.7 Å². The molecular weight excluding hydrogens is 352 g/mol. The molecule has 1 aromatic heterocycles. The Kier molecular flexibility index (Phi) is 5.23. The van der Waals surface area contributed by atoms with Gasteiger partial charge in [-0.1, -0.05) is 23.7 Å². The monoisotopic (exact) mass is 376 g/mol. The zero-order valence-corrected chi connectivity index (χ0v) is 16.5. The third-order valence-electron chi connectivity index (χ3n) is 4.44. The Balaban J connectivity index is 1.78. The van der Waals surface area contributed by atoms with Crippen LogP contribution in [0.1, 0.15) is 33.6 Å². The van der Waals surface area contributed by atoms with Crippen LogP contribution >= 0.6 is 11.6 Å². The molecule has 0 N–H and O–H groups in total. The number of halogens is 1. The third kappa shape index (κ3) is 4.18. The van der Waals surface area contributed by atoms with Gasteiger partial charge in [0.05, 0.1) is 17.1 Å². The van der Waals surface area contributed by atoms with Gasteiger partial charge < -0.3 is 14.5 Å². The fourth-order valence-electron chi connectivity index (χ4n) is 3.12. The van der Waals surface area contributed by atoms with E-state index in [-0.39, 0.29) is 12.1 Å². The summed E-state index contributed by atoms with van der Waals surface area (Å²) in [6, 6.07) is 7.72. The minimum atomic E-state index is -0.507. The van der Waals surface area contributed by atoms with Gasteiger partial charge in [-0.25, -0.2) is 14.8 Å². The Morgan fingerprint density at radius 1 is 1.27 bits per heavy atom. The number of anilines is 1. The van der Waals surface area contributed by atoms with E-state index in [9.17, 15) is 4.79 Å². The van der Waals surface area contributed by atoms with E-state index in [1.165, 1.54) is 0 Å². The minimum absolute atomic E-state index is 0.0444. The number of ether oxygens (including phenoxy) is 1. The number of amides is 1. The average Bonchev–Trinajstić information content (AvgIpc) is 2.59. The van der Waals surface area contributed by atoms with Gasteiger partial charge in [-0.15, -0.1) is 0 Å². The second kappa shape index (κ2) is 7.27. The Hall–Kier alpha value is -2.08. The standard InChI is InChI=1S/C19H25ClN4O2/c1-19(2,3)26-18(25)23(4)13-8-7-11-24(12-13)17-16(20)21-14-9-5-6-10-15(14)22-17/h5-6,9-10,13H,7-8,11-12H2,1-4H3/t13-/m0/s1. The maximum absolute atomic E-state index is 12.4. The SMILES string of the molecule is CN(C(=O)OC(C)(C)C)[C@H]1CCCN(c2nc3ccccc3nc2Cl)C1. The topological polar surface area (TPSA) is 58.6 Å². The van der Waals surface area contributed by atoms with Gasteiger partial charge in [0, 0.05) is 20.1 Å². The lowest BCUT2D eigenvalue weighted by molar-refractivity contribution is 0.0209. The quantitative estimate of drug-likeness (QED) is 0.789. The van der Waals surface area contributed by atoms with Crippen molar-refractivity contribution >= 4 is 34.5 Å². The number of nitrogens with zero attached hydrogens (tertiary/aromatic N) is 4. The molecule has 0 bridgehead atoms. The van der Waals surface area contributed by atoms with Crippen LogP contribution in [0.25, 0.3) is 11.0 Å². The molecule has 2 heterocycles. The van der Waals surface area contributed by atoms with Crippen LogP contribution in [-0.2, 0) is 4.74 Å². The van der Waals surface area contributed by atoms with Crippen molar-refractivity contribution in [1.29, 1.82) is 0 Å². The Bertz CT molecular complexity index is 806. The van der Waals surface area contributed by atoms with Crippen LogP contribution < -0.4 is 4.90 Å². The lowest BCUT2D eigenvalue weighted by Gasteiger charge is -2.38. The molecule has 1 aliphatic rings. The zero-order valence-electron chi connectivity index (χ0n) is 15.7. The van der Waals surface area contributed by atoms with Crippen molar-refractivity contribution in [1.82, 2.24) is 14.9 Å². The van der Waals surface area contributed by atoms with Gasteiger partial charge in [-0.3, -0.25) is 0 Å². The number of hydrogen-bond acceptors (Lipinski definition) is 5. The van der Waals surface area contributed by atoms with Crippen LogP contribution in [0.3, 0.4) is 0 Å². The molecule has 26 heavy (non-hydrogen) atoms. The fraction of sp³-hybridized carbons (Fsp3) is 0.526. The molecule has 0 aliphatic carbocycles. The first kappa shape index (κ1) is 18.7. The number of para-hydroxylation sites is 2. The van der Waals surface area contributed by atoms with E-state index in [2.05, 4.69) is 9.88 Å². The van der Waals surface area contributed by atoms with Crippen molar-refractivity contribution in [3.05, 3.63) is 29.4 Å². The highest BCUT2D eigenvalue weighted by atomic mass is 35.5. The van der Waals surface area contributed by atoms with Gasteiger partial charge in [0.15, 0.2) is 11.0 Å². The maximum atomic E-state index is 12.4. The molecule has 0 spiro atoms. The molecule has 1 saturated heterocycles. The molecule has 1 fully saturated rings. The summed E-state index contributed by atoms with van der Waals surface area (Å²) in [5.41, 5.74) is 1.09. The number of benzene rings is 1. The molecule has 1 aromatic carbocycles. The molecule has 1 amide bonds. The molecule has 3 rings (SSSR count). The molecule has 0 saturated carbocycles. The van der Waals surface area contributed by atoms with E-state index in [0.717, 1.165) is 30.4 Å². The molecule has 6 nitrogen and oxygen atoms in total. The zero-order chi connectivity index (χ0) is 18.9. The largest absolute Gasteiger partial charge is 0.444 e. The number of aromatic nitrogens is 2. The number of carbonyl (C=O) groups excluding carboxylic acids is 1. The number of likely N-dealkylation sites (N-methyl/N-ethyl adjacent to an activating group) is 1. The van der Waals surface area contributed by atoms with E-state index < -0.39 is 5.60 Å². The molecule has 0 radical (unpaired) electrons.